The van der Waals surface area contributed by atoms with E-state index >= 15 is 0 Å². The van der Waals surface area contributed by atoms with Crippen molar-refractivity contribution in [1.82, 2.24) is 0 Å². The number of aryl methyl sites for hydroxylation is 1. The second-order valence-electron chi connectivity index (χ2n) is 7.50. The second-order valence-corrected chi connectivity index (χ2v) is 7.50. The fourth-order valence-electron chi connectivity index (χ4n) is 4.33. The Morgan fingerprint density at radius 1 is 1.36 bits per heavy atom. The number of aromatic carboxylic acids is 1. The predicted octanol–water partition coefficient (Wildman–Crippen LogP) is 5.04. The molecule has 0 saturated heterocycles. The number of allylic oxidation sites excluding steroid dienone is 2. The summed E-state index contributed by atoms with van der Waals surface area (Å²) in [4.78, 5) is 11.8. The Bertz CT molecular complexity index is 704. The minimum absolute atomic E-state index is 0.0373. The summed E-state index contributed by atoms with van der Waals surface area (Å²) in [6, 6.07) is 1.86. The van der Waals surface area contributed by atoms with Crippen LogP contribution in [0.3, 0.4) is 0 Å². The van der Waals surface area contributed by atoms with Crippen molar-refractivity contribution >= 4 is 5.97 Å². The van der Waals surface area contributed by atoms with Crippen LogP contribution in [0.2, 0.25) is 0 Å². The van der Waals surface area contributed by atoms with E-state index in [1.54, 1.807) is 0 Å². The molecule has 0 aromatic heterocycles. The molecular weight excluding hydrogens is 316 g/mol. The molecule has 3 rings (SSSR count). The molecule has 0 spiro atoms. The largest absolute Gasteiger partial charge is 0.507 e. The lowest BCUT2D eigenvalue weighted by Crippen LogP contribution is -2.35. The monoisotopic (exact) mass is 344 g/mol. The van der Waals surface area contributed by atoms with Crippen LogP contribution in [-0.4, -0.2) is 22.3 Å². The van der Waals surface area contributed by atoms with E-state index in [0.29, 0.717) is 23.3 Å². The lowest BCUT2D eigenvalue weighted by atomic mass is 9.72. The van der Waals surface area contributed by atoms with Gasteiger partial charge in [0.1, 0.15) is 17.1 Å². The van der Waals surface area contributed by atoms with Crippen molar-refractivity contribution in [2.45, 2.75) is 71.3 Å². The van der Waals surface area contributed by atoms with E-state index in [2.05, 4.69) is 26.8 Å². The zero-order valence-corrected chi connectivity index (χ0v) is 15.3. The van der Waals surface area contributed by atoms with Crippen molar-refractivity contribution in [3.63, 3.8) is 0 Å². The van der Waals surface area contributed by atoms with Gasteiger partial charge in [0.2, 0.25) is 0 Å². The molecule has 136 valence electrons. The molecule has 2 aliphatic rings. The van der Waals surface area contributed by atoms with Crippen LogP contribution in [0.15, 0.2) is 17.7 Å². The number of fused-ring (bicyclic) bond motifs is 3. The third-order valence-corrected chi connectivity index (χ3v) is 5.69. The van der Waals surface area contributed by atoms with E-state index < -0.39 is 5.97 Å². The van der Waals surface area contributed by atoms with E-state index in [9.17, 15) is 15.0 Å². The minimum Gasteiger partial charge on any atom is -0.507 e. The van der Waals surface area contributed by atoms with Gasteiger partial charge in [-0.05, 0) is 51.2 Å². The van der Waals surface area contributed by atoms with Gasteiger partial charge in [-0.1, -0.05) is 31.4 Å². The van der Waals surface area contributed by atoms with Gasteiger partial charge in [-0.25, -0.2) is 4.79 Å². The van der Waals surface area contributed by atoms with Crippen molar-refractivity contribution in [3.05, 3.63) is 34.4 Å². The molecule has 1 aromatic rings. The van der Waals surface area contributed by atoms with Crippen LogP contribution in [0, 0.1) is 5.92 Å². The molecule has 3 atom stereocenters. The van der Waals surface area contributed by atoms with Crippen molar-refractivity contribution in [1.29, 1.82) is 0 Å². The molecule has 1 aliphatic carbocycles. The Hall–Kier alpha value is -1.97. The van der Waals surface area contributed by atoms with E-state index in [-0.39, 0.29) is 29.3 Å². The van der Waals surface area contributed by atoms with Crippen molar-refractivity contribution in [3.8, 4) is 11.5 Å². The number of phenols is 1. The Balaban J connectivity index is 2.11. The average Bonchev–Trinajstić information content (AvgIpc) is 2.54. The average molecular weight is 344 g/mol. The van der Waals surface area contributed by atoms with Crippen LogP contribution in [-0.2, 0) is 6.42 Å². The highest BCUT2D eigenvalue weighted by atomic mass is 16.5. The van der Waals surface area contributed by atoms with Gasteiger partial charge < -0.3 is 14.9 Å². The molecule has 1 aromatic carbocycles. The highest BCUT2D eigenvalue weighted by molar-refractivity contribution is 5.94. The summed E-state index contributed by atoms with van der Waals surface area (Å²) in [7, 11) is 0. The summed E-state index contributed by atoms with van der Waals surface area (Å²) < 4.78 is 6.12. The summed E-state index contributed by atoms with van der Waals surface area (Å²) in [5, 5.41) is 20.6. The molecule has 1 aliphatic heterocycles. The predicted molar refractivity (Wildman–Crippen MR) is 97.6 cm³/mol. The van der Waals surface area contributed by atoms with Crippen LogP contribution in [0.4, 0.5) is 0 Å². The molecule has 25 heavy (non-hydrogen) atoms. The topological polar surface area (TPSA) is 66.8 Å². The molecule has 0 radical (unpaired) electrons. The maximum atomic E-state index is 11.8. The van der Waals surface area contributed by atoms with Crippen LogP contribution < -0.4 is 4.74 Å². The third-order valence-electron chi connectivity index (χ3n) is 5.69. The fraction of sp³-hybridized carbons (Fsp3) is 0.571. The first-order valence-corrected chi connectivity index (χ1v) is 9.40. The van der Waals surface area contributed by atoms with Gasteiger partial charge in [-0.3, -0.25) is 0 Å². The SMILES string of the molecule is CCCCCc1cc2c(c(O)c1C(=O)O)C1C=C(C)CCC1[C@@H](C)O2. The van der Waals surface area contributed by atoms with Crippen molar-refractivity contribution < 1.29 is 19.7 Å². The number of rotatable bonds is 5. The number of unbranched alkanes of at least 4 members (excludes halogenated alkanes) is 2. The van der Waals surface area contributed by atoms with Gasteiger partial charge in [0.25, 0.3) is 0 Å². The number of hydrogen-bond donors (Lipinski definition) is 2. The Labute approximate surface area is 149 Å². The molecule has 0 fully saturated rings. The van der Waals surface area contributed by atoms with E-state index in [4.69, 9.17) is 4.74 Å². The first kappa shape index (κ1) is 17.8. The number of hydrogen-bond acceptors (Lipinski definition) is 3. The van der Waals surface area contributed by atoms with Gasteiger partial charge in [0, 0.05) is 17.4 Å². The standard InChI is InChI=1S/C21H28O4/c1-4-5-6-7-14-11-17-19(20(22)18(14)21(23)24)16-10-12(2)8-9-15(16)13(3)25-17/h10-11,13,15-16,22H,4-9H2,1-3H3,(H,23,24)/t13-,15?,16?/m1/s1. The van der Waals surface area contributed by atoms with Crippen LogP contribution in [0.5, 0.6) is 11.5 Å². The number of aromatic hydroxyl groups is 1. The number of ether oxygens (including phenoxy) is 1. The lowest BCUT2D eigenvalue weighted by Gasteiger charge is -2.40. The minimum atomic E-state index is -1.06. The van der Waals surface area contributed by atoms with Crippen LogP contribution in [0.1, 0.15) is 80.3 Å². The second kappa shape index (κ2) is 7.11. The summed E-state index contributed by atoms with van der Waals surface area (Å²) in [6.07, 6.45) is 7.97. The normalized spacial score (nSPS) is 24.8. The molecule has 4 heteroatoms. The molecule has 0 amide bonds. The van der Waals surface area contributed by atoms with Gasteiger partial charge in [0.15, 0.2) is 0 Å². The molecule has 4 nitrogen and oxygen atoms in total. The Morgan fingerprint density at radius 3 is 2.80 bits per heavy atom. The van der Waals surface area contributed by atoms with Gasteiger partial charge in [0.05, 0.1) is 6.10 Å². The number of benzene rings is 1. The van der Waals surface area contributed by atoms with E-state index in [0.717, 1.165) is 32.1 Å². The maximum Gasteiger partial charge on any atom is 0.339 e. The molecular formula is C21H28O4. The van der Waals surface area contributed by atoms with Gasteiger partial charge in [-0.2, -0.15) is 0 Å². The third kappa shape index (κ3) is 3.26. The number of carboxylic acids is 1. The van der Waals surface area contributed by atoms with Crippen molar-refractivity contribution in [2.75, 3.05) is 0 Å². The molecule has 2 unspecified atom stereocenters. The summed E-state index contributed by atoms with van der Waals surface area (Å²) in [6.45, 7) is 6.30. The quantitative estimate of drug-likeness (QED) is 0.580. The van der Waals surface area contributed by atoms with Crippen LogP contribution >= 0.6 is 0 Å². The fourth-order valence-corrected chi connectivity index (χ4v) is 4.33. The van der Waals surface area contributed by atoms with Gasteiger partial charge in [-0.15, -0.1) is 0 Å². The Morgan fingerprint density at radius 2 is 2.12 bits per heavy atom. The lowest BCUT2D eigenvalue weighted by molar-refractivity contribution is 0.0690. The maximum absolute atomic E-state index is 11.8. The molecule has 1 heterocycles. The summed E-state index contributed by atoms with van der Waals surface area (Å²) >= 11 is 0. The first-order valence-electron chi connectivity index (χ1n) is 9.40. The van der Waals surface area contributed by atoms with Crippen molar-refractivity contribution in [2.24, 2.45) is 5.92 Å². The first-order chi connectivity index (χ1) is 11.9. The zero-order valence-electron chi connectivity index (χ0n) is 15.3. The number of carbonyl (C=O) groups is 1. The summed E-state index contributed by atoms with van der Waals surface area (Å²) in [5.41, 5.74) is 2.70. The molecule has 0 saturated carbocycles. The molecule has 0 bridgehead atoms. The van der Waals surface area contributed by atoms with E-state index in [1.165, 1.54) is 5.57 Å². The van der Waals surface area contributed by atoms with Gasteiger partial charge >= 0.3 is 5.97 Å². The smallest absolute Gasteiger partial charge is 0.339 e. The van der Waals surface area contributed by atoms with Crippen LogP contribution in [0.25, 0.3) is 0 Å². The summed E-state index contributed by atoms with van der Waals surface area (Å²) in [5.74, 6) is -0.165. The highest BCUT2D eigenvalue weighted by Crippen LogP contribution is 2.51. The zero-order chi connectivity index (χ0) is 18.1. The Kier molecular flexibility index (Phi) is 5.07. The molecule has 2 N–H and O–H groups in total. The van der Waals surface area contributed by atoms with E-state index in [1.807, 2.05) is 6.07 Å². The highest BCUT2D eigenvalue weighted by Gasteiger charge is 2.40. The number of carboxylic acid groups (broad SMARTS) is 1.